The van der Waals surface area contributed by atoms with Gasteiger partial charge in [-0.15, -0.1) is 11.3 Å². The molecule has 0 unspecified atom stereocenters. The zero-order valence-corrected chi connectivity index (χ0v) is 12.4. The number of amides is 1. The van der Waals surface area contributed by atoms with Crippen molar-refractivity contribution in [3.05, 3.63) is 16.1 Å². The number of nitrogens with zero attached hydrogens (tertiary/aromatic N) is 1. The fourth-order valence-electron chi connectivity index (χ4n) is 2.50. The number of hydrogen-bond acceptors (Lipinski definition) is 4. The van der Waals surface area contributed by atoms with Crippen molar-refractivity contribution in [1.29, 1.82) is 0 Å². The van der Waals surface area contributed by atoms with Crippen molar-refractivity contribution in [3.8, 4) is 0 Å². The molecule has 0 aromatic carbocycles. The van der Waals surface area contributed by atoms with Gasteiger partial charge in [0, 0.05) is 17.0 Å². The van der Waals surface area contributed by atoms with Crippen molar-refractivity contribution in [2.24, 2.45) is 11.8 Å². The van der Waals surface area contributed by atoms with Crippen LogP contribution in [0.25, 0.3) is 0 Å². The highest BCUT2D eigenvalue weighted by Gasteiger charge is 2.29. The fourth-order valence-corrected chi connectivity index (χ4v) is 3.30. The van der Waals surface area contributed by atoms with Gasteiger partial charge >= 0.3 is 5.97 Å². The monoisotopic (exact) mass is 296 g/mol. The second-order valence-corrected chi connectivity index (χ2v) is 6.38. The largest absolute Gasteiger partial charge is 0.481 e. The molecule has 110 valence electrons. The molecule has 0 spiro atoms. The molecule has 2 N–H and O–H groups in total. The first-order valence-corrected chi connectivity index (χ1v) is 7.86. The number of carbonyl (C=O) groups is 2. The lowest BCUT2D eigenvalue weighted by Gasteiger charge is -2.25. The van der Waals surface area contributed by atoms with Gasteiger partial charge in [-0.25, -0.2) is 4.98 Å². The Morgan fingerprint density at radius 2 is 2.00 bits per heavy atom. The van der Waals surface area contributed by atoms with Gasteiger partial charge in [0.2, 0.25) is 5.91 Å². The number of thiazole rings is 1. The summed E-state index contributed by atoms with van der Waals surface area (Å²) in [5.41, 5.74) is 0. The summed E-state index contributed by atoms with van der Waals surface area (Å²) in [5, 5.41) is 12.8. The Hall–Kier alpha value is -1.43. The SMILES string of the molecule is CCc1cnc(CNC(=O)C2CCC(C(=O)O)CC2)s1. The molecule has 0 aliphatic heterocycles. The van der Waals surface area contributed by atoms with Crippen LogP contribution in [-0.4, -0.2) is 22.0 Å². The third-order valence-electron chi connectivity index (χ3n) is 3.81. The summed E-state index contributed by atoms with van der Waals surface area (Å²) in [6.45, 7) is 2.55. The molecule has 5 nitrogen and oxygen atoms in total. The Balaban J connectivity index is 1.77. The second kappa shape index (κ2) is 6.83. The van der Waals surface area contributed by atoms with E-state index < -0.39 is 5.97 Å². The Bertz CT molecular complexity index is 479. The molecule has 0 radical (unpaired) electrons. The molecule has 1 aromatic rings. The van der Waals surface area contributed by atoms with Gasteiger partial charge in [-0.3, -0.25) is 9.59 Å². The number of aryl methyl sites for hydroxylation is 1. The molecule has 0 saturated heterocycles. The first-order chi connectivity index (χ1) is 9.60. The van der Waals surface area contributed by atoms with E-state index in [0.717, 1.165) is 11.4 Å². The van der Waals surface area contributed by atoms with Crippen LogP contribution >= 0.6 is 11.3 Å². The first-order valence-electron chi connectivity index (χ1n) is 7.04. The molecule has 0 atom stereocenters. The van der Waals surface area contributed by atoms with E-state index in [0.29, 0.717) is 32.2 Å². The maximum atomic E-state index is 12.0. The lowest BCUT2D eigenvalue weighted by atomic mass is 9.81. The van der Waals surface area contributed by atoms with Crippen molar-refractivity contribution >= 4 is 23.2 Å². The summed E-state index contributed by atoms with van der Waals surface area (Å²) in [5.74, 6) is -1.03. The smallest absolute Gasteiger partial charge is 0.306 e. The standard InChI is InChI=1S/C14H20N2O3S/c1-2-11-7-15-12(20-11)8-16-13(17)9-3-5-10(6-4-9)14(18)19/h7,9-10H,2-6,8H2,1H3,(H,16,17)(H,18,19). The fraction of sp³-hybridized carbons (Fsp3) is 0.643. The van der Waals surface area contributed by atoms with E-state index in [-0.39, 0.29) is 17.7 Å². The molecule has 1 aromatic heterocycles. The minimum absolute atomic E-state index is 0.0297. The van der Waals surface area contributed by atoms with Gasteiger partial charge in [0.1, 0.15) is 5.01 Å². The maximum absolute atomic E-state index is 12.0. The molecule has 1 aliphatic carbocycles. The second-order valence-electron chi connectivity index (χ2n) is 5.18. The van der Waals surface area contributed by atoms with Crippen LogP contribution in [-0.2, 0) is 22.6 Å². The molecule has 1 aliphatic rings. The number of carboxylic acids is 1. The molecular weight excluding hydrogens is 276 g/mol. The van der Waals surface area contributed by atoms with Gasteiger partial charge in [0.15, 0.2) is 0 Å². The number of hydrogen-bond donors (Lipinski definition) is 2. The summed E-state index contributed by atoms with van der Waals surface area (Å²) in [6, 6.07) is 0. The van der Waals surface area contributed by atoms with Crippen LogP contribution in [0.5, 0.6) is 0 Å². The van der Waals surface area contributed by atoms with Crippen LogP contribution in [0.3, 0.4) is 0 Å². The number of nitrogens with one attached hydrogen (secondary N) is 1. The number of carbonyl (C=O) groups excluding carboxylic acids is 1. The lowest BCUT2D eigenvalue weighted by Crippen LogP contribution is -2.34. The zero-order valence-electron chi connectivity index (χ0n) is 11.6. The van der Waals surface area contributed by atoms with Crippen LogP contribution < -0.4 is 5.32 Å². The average molecular weight is 296 g/mol. The quantitative estimate of drug-likeness (QED) is 0.873. The highest BCUT2D eigenvalue weighted by Crippen LogP contribution is 2.29. The van der Waals surface area contributed by atoms with Crippen LogP contribution in [0.1, 0.15) is 42.5 Å². The first kappa shape index (κ1) is 15.0. The molecule has 6 heteroatoms. The summed E-state index contributed by atoms with van der Waals surface area (Å²) < 4.78 is 0. The van der Waals surface area contributed by atoms with Crippen molar-refractivity contribution in [2.75, 3.05) is 0 Å². The Labute approximate surface area is 122 Å². The maximum Gasteiger partial charge on any atom is 0.306 e. The highest BCUT2D eigenvalue weighted by molar-refractivity contribution is 7.11. The predicted octanol–water partition coefficient (Wildman–Crippen LogP) is 2.21. The molecule has 1 heterocycles. The van der Waals surface area contributed by atoms with Crippen LogP contribution in [0.15, 0.2) is 6.20 Å². The van der Waals surface area contributed by atoms with E-state index in [1.807, 2.05) is 6.20 Å². The molecule has 1 saturated carbocycles. The van der Waals surface area contributed by atoms with E-state index >= 15 is 0 Å². The van der Waals surface area contributed by atoms with E-state index in [1.54, 1.807) is 11.3 Å². The number of carboxylic acid groups (broad SMARTS) is 1. The Morgan fingerprint density at radius 3 is 2.55 bits per heavy atom. The molecular formula is C14H20N2O3S. The van der Waals surface area contributed by atoms with Crippen molar-refractivity contribution in [2.45, 2.75) is 45.6 Å². The minimum Gasteiger partial charge on any atom is -0.481 e. The lowest BCUT2D eigenvalue weighted by molar-refractivity contribution is -0.144. The molecule has 1 fully saturated rings. The van der Waals surface area contributed by atoms with Crippen LogP contribution in [0, 0.1) is 11.8 Å². The van der Waals surface area contributed by atoms with Gasteiger partial charge in [-0.1, -0.05) is 6.92 Å². The topological polar surface area (TPSA) is 79.3 Å². The summed E-state index contributed by atoms with van der Waals surface area (Å²) in [7, 11) is 0. The van der Waals surface area contributed by atoms with Crippen molar-refractivity contribution in [1.82, 2.24) is 10.3 Å². The number of aromatic nitrogens is 1. The van der Waals surface area contributed by atoms with Gasteiger partial charge in [-0.2, -0.15) is 0 Å². The molecule has 20 heavy (non-hydrogen) atoms. The van der Waals surface area contributed by atoms with E-state index in [1.165, 1.54) is 4.88 Å². The zero-order chi connectivity index (χ0) is 14.5. The van der Waals surface area contributed by atoms with E-state index in [9.17, 15) is 9.59 Å². The van der Waals surface area contributed by atoms with E-state index in [4.69, 9.17) is 5.11 Å². The third-order valence-corrected chi connectivity index (χ3v) is 4.95. The minimum atomic E-state index is -0.737. The molecule has 2 rings (SSSR count). The van der Waals surface area contributed by atoms with Crippen LogP contribution in [0.4, 0.5) is 0 Å². The third kappa shape index (κ3) is 3.79. The van der Waals surface area contributed by atoms with Gasteiger partial charge in [0.05, 0.1) is 12.5 Å². The normalized spacial score (nSPS) is 22.4. The Kier molecular flexibility index (Phi) is 5.11. The predicted molar refractivity (Wildman–Crippen MR) is 76.4 cm³/mol. The highest BCUT2D eigenvalue weighted by atomic mass is 32.1. The summed E-state index contributed by atoms with van der Waals surface area (Å²) >= 11 is 1.62. The van der Waals surface area contributed by atoms with Gasteiger partial charge < -0.3 is 10.4 Å². The average Bonchev–Trinajstić information content (AvgIpc) is 2.93. The molecule has 0 bridgehead atoms. The van der Waals surface area contributed by atoms with Gasteiger partial charge in [0.25, 0.3) is 0 Å². The Morgan fingerprint density at radius 1 is 1.35 bits per heavy atom. The number of rotatable bonds is 5. The summed E-state index contributed by atoms with van der Waals surface area (Å²) in [4.78, 5) is 28.4. The number of aliphatic carboxylic acids is 1. The van der Waals surface area contributed by atoms with Crippen molar-refractivity contribution in [3.63, 3.8) is 0 Å². The van der Waals surface area contributed by atoms with Gasteiger partial charge in [-0.05, 0) is 32.1 Å². The van der Waals surface area contributed by atoms with Crippen molar-refractivity contribution < 1.29 is 14.7 Å². The summed E-state index contributed by atoms with van der Waals surface area (Å²) in [6.07, 6.45) is 5.35. The van der Waals surface area contributed by atoms with Crippen LogP contribution in [0.2, 0.25) is 0 Å². The van der Waals surface area contributed by atoms with E-state index in [2.05, 4.69) is 17.2 Å². The molecule has 1 amide bonds.